The minimum absolute atomic E-state index is 0. The van der Waals surface area contributed by atoms with Gasteiger partial charge in [0.15, 0.2) is 0 Å². The zero-order valence-electron chi connectivity index (χ0n) is 7.70. The van der Waals surface area contributed by atoms with Crippen molar-refractivity contribution in [2.75, 3.05) is 0 Å². The number of nitriles is 1. The molecule has 1 rings (SSSR count). The van der Waals surface area contributed by atoms with E-state index in [1.807, 2.05) is 18.2 Å². The van der Waals surface area contributed by atoms with E-state index in [1.54, 1.807) is 18.3 Å². The molecule has 1 heterocycles. The van der Waals surface area contributed by atoms with Gasteiger partial charge >= 0.3 is 0 Å². The number of nitrogens with zero attached hydrogens (tertiary/aromatic N) is 1. The highest BCUT2D eigenvalue weighted by Gasteiger charge is 1.82. The average Bonchev–Trinajstić information content (AvgIpc) is 2.65. The molecule has 72 valence electrons. The Hall–Kier alpha value is -2.21. The van der Waals surface area contributed by atoms with Crippen LogP contribution in [0.25, 0.3) is 12.3 Å². The number of nitrogens with one attached hydrogen (secondary N) is 1. The van der Waals surface area contributed by atoms with E-state index >= 15 is 0 Å². The third kappa shape index (κ3) is 2.39. The summed E-state index contributed by atoms with van der Waals surface area (Å²) < 4.78 is 0. The fourth-order valence-corrected chi connectivity index (χ4v) is 0.982. The van der Waals surface area contributed by atoms with Crippen molar-refractivity contribution in [3.05, 3.63) is 47.1 Å². The average molecular weight is 187 g/mol. The molecule has 0 radical (unpaired) electrons. The van der Waals surface area contributed by atoms with Gasteiger partial charge in [-0.1, -0.05) is 12.7 Å². The van der Waals surface area contributed by atoms with Crippen molar-refractivity contribution >= 4 is 12.3 Å². The summed E-state index contributed by atoms with van der Waals surface area (Å²) in [4.78, 5) is 3.02. The molecule has 0 aliphatic rings. The summed E-state index contributed by atoms with van der Waals surface area (Å²) in [6.45, 7) is 3.52. The van der Waals surface area contributed by atoms with E-state index in [0.29, 0.717) is 5.57 Å². The Morgan fingerprint density at radius 3 is 3.14 bits per heavy atom. The lowest BCUT2D eigenvalue weighted by atomic mass is 10.3. The standard InChI is InChI=1S/C11H11N3.H2/c1-9(7-12)3-2-4-11-10(8-13)5-6-14-11;/h2-6,8,14H,1,13H2;1H/b3-2+,10-8-,11-4-;. The second-order valence-corrected chi connectivity index (χ2v) is 2.68. The third-order valence-electron chi connectivity index (χ3n) is 1.70. The smallest absolute Gasteiger partial charge is 0.0985 e. The van der Waals surface area contributed by atoms with Crippen LogP contribution >= 0.6 is 0 Å². The summed E-state index contributed by atoms with van der Waals surface area (Å²) in [6, 6.07) is 3.80. The number of allylic oxidation sites excluding steroid dienone is 3. The second-order valence-electron chi connectivity index (χ2n) is 2.68. The van der Waals surface area contributed by atoms with E-state index in [4.69, 9.17) is 11.0 Å². The highest BCUT2D eigenvalue weighted by atomic mass is 14.6. The highest BCUT2D eigenvalue weighted by Crippen LogP contribution is 1.88. The quantitative estimate of drug-likeness (QED) is 0.519. The molecule has 14 heavy (non-hydrogen) atoms. The number of aromatic amines is 1. The molecular formula is C11H13N3. The van der Waals surface area contributed by atoms with Gasteiger partial charge in [0, 0.05) is 30.0 Å². The summed E-state index contributed by atoms with van der Waals surface area (Å²) in [5.74, 6) is 0. The first-order chi connectivity index (χ1) is 6.77. The highest BCUT2D eigenvalue weighted by molar-refractivity contribution is 5.42. The molecule has 3 nitrogen and oxygen atoms in total. The topological polar surface area (TPSA) is 65.6 Å². The van der Waals surface area contributed by atoms with Gasteiger partial charge in [-0.2, -0.15) is 5.26 Å². The number of hydrogen-bond acceptors (Lipinski definition) is 2. The van der Waals surface area contributed by atoms with E-state index in [1.165, 1.54) is 6.20 Å². The molecule has 0 saturated heterocycles. The zero-order chi connectivity index (χ0) is 10.4. The lowest BCUT2D eigenvalue weighted by Gasteiger charge is -1.79. The van der Waals surface area contributed by atoms with Crippen LogP contribution in [-0.4, -0.2) is 4.98 Å². The molecule has 3 heteroatoms. The van der Waals surface area contributed by atoms with Crippen LogP contribution in [0.1, 0.15) is 1.43 Å². The lowest BCUT2D eigenvalue weighted by molar-refractivity contribution is 1.31. The molecule has 1 aromatic rings. The van der Waals surface area contributed by atoms with Crippen LogP contribution < -0.4 is 16.3 Å². The molecule has 0 fully saturated rings. The van der Waals surface area contributed by atoms with Crippen LogP contribution in [0.4, 0.5) is 0 Å². The molecule has 0 aliphatic carbocycles. The van der Waals surface area contributed by atoms with Crippen LogP contribution in [0.2, 0.25) is 0 Å². The van der Waals surface area contributed by atoms with E-state index in [9.17, 15) is 0 Å². The molecule has 0 bridgehead atoms. The fraction of sp³-hybridized carbons (Fsp3) is 0. The van der Waals surface area contributed by atoms with E-state index in [-0.39, 0.29) is 1.43 Å². The molecule has 0 saturated carbocycles. The van der Waals surface area contributed by atoms with Crippen molar-refractivity contribution in [3.8, 4) is 6.07 Å². The molecule has 0 aliphatic heterocycles. The van der Waals surface area contributed by atoms with Crippen LogP contribution in [0, 0.1) is 11.3 Å². The Morgan fingerprint density at radius 2 is 2.50 bits per heavy atom. The maximum atomic E-state index is 8.44. The van der Waals surface area contributed by atoms with Crippen molar-refractivity contribution < 1.29 is 1.43 Å². The number of nitrogens with two attached hydrogens (primary N) is 1. The molecule has 0 amide bonds. The Balaban J connectivity index is 0.00000196. The van der Waals surface area contributed by atoms with Gasteiger partial charge < -0.3 is 10.7 Å². The van der Waals surface area contributed by atoms with Gasteiger partial charge in [0.1, 0.15) is 0 Å². The van der Waals surface area contributed by atoms with Crippen molar-refractivity contribution in [2.24, 2.45) is 5.73 Å². The number of H-pyrrole nitrogens is 1. The third-order valence-corrected chi connectivity index (χ3v) is 1.70. The molecule has 1 aromatic heterocycles. The summed E-state index contributed by atoms with van der Waals surface area (Å²) in [5.41, 5.74) is 5.82. The van der Waals surface area contributed by atoms with Gasteiger partial charge in [0.05, 0.1) is 6.07 Å². The van der Waals surface area contributed by atoms with Crippen molar-refractivity contribution in [3.63, 3.8) is 0 Å². The SMILES string of the molecule is C=C(C#N)/C=C/C=c1\[nH]cc\c1=C\N.[HH]. The number of rotatable bonds is 2. The van der Waals surface area contributed by atoms with Crippen LogP contribution in [-0.2, 0) is 0 Å². The van der Waals surface area contributed by atoms with Gasteiger partial charge in [-0.05, 0) is 18.2 Å². The molecule has 0 atom stereocenters. The summed E-state index contributed by atoms with van der Waals surface area (Å²) in [7, 11) is 0. The van der Waals surface area contributed by atoms with Crippen molar-refractivity contribution in [1.82, 2.24) is 4.98 Å². The van der Waals surface area contributed by atoms with Gasteiger partial charge in [-0.15, -0.1) is 0 Å². The van der Waals surface area contributed by atoms with Gasteiger partial charge in [0.25, 0.3) is 0 Å². The largest absolute Gasteiger partial charge is 0.404 e. The lowest BCUT2D eigenvalue weighted by Crippen LogP contribution is -2.23. The van der Waals surface area contributed by atoms with Crippen molar-refractivity contribution in [2.45, 2.75) is 0 Å². The van der Waals surface area contributed by atoms with Gasteiger partial charge in [-0.3, -0.25) is 0 Å². The second kappa shape index (κ2) is 4.73. The minimum Gasteiger partial charge on any atom is -0.404 e. The van der Waals surface area contributed by atoms with E-state index in [0.717, 1.165) is 10.6 Å². The Labute approximate surface area is 83.7 Å². The van der Waals surface area contributed by atoms with Crippen LogP contribution in [0.5, 0.6) is 0 Å². The van der Waals surface area contributed by atoms with Gasteiger partial charge in [-0.25, -0.2) is 0 Å². The predicted molar refractivity (Wildman–Crippen MR) is 59.2 cm³/mol. The molecule has 0 spiro atoms. The number of hydrogen-bond donors (Lipinski definition) is 2. The first-order valence-corrected chi connectivity index (χ1v) is 4.10. The summed E-state index contributed by atoms with van der Waals surface area (Å²) in [5, 5.41) is 10.3. The first-order valence-electron chi connectivity index (χ1n) is 4.10. The maximum absolute atomic E-state index is 8.44. The molecule has 0 aromatic carbocycles. The normalized spacial score (nSPS) is 13.4. The van der Waals surface area contributed by atoms with E-state index in [2.05, 4.69) is 11.6 Å². The minimum atomic E-state index is 0. The summed E-state index contributed by atoms with van der Waals surface area (Å²) >= 11 is 0. The first kappa shape index (κ1) is 9.87. The van der Waals surface area contributed by atoms with Crippen LogP contribution in [0.3, 0.4) is 0 Å². The maximum Gasteiger partial charge on any atom is 0.0985 e. The Bertz CT molecular complexity index is 503. The Morgan fingerprint density at radius 1 is 1.71 bits per heavy atom. The molecule has 0 unspecified atom stereocenters. The van der Waals surface area contributed by atoms with E-state index < -0.39 is 0 Å². The molecular weight excluding hydrogens is 174 g/mol. The predicted octanol–water partition coefficient (Wildman–Crippen LogP) is 0.374. The zero-order valence-corrected chi connectivity index (χ0v) is 7.70. The molecule has 3 N–H and O–H groups in total. The summed E-state index contributed by atoms with van der Waals surface area (Å²) in [6.07, 6.45) is 8.56. The van der Waals surface area contributed by atoms with Gasteiger partial charge in [0.2, 0.25) is 0 Å². The Kier molecular flexibility index (Phi) is 3.33. The van der Waals surface area contributed by atoms with Crippen molar-refractivity contribution in [1.29, 1.82) is 5.26 Å². The monoisotopic (exact) mass is 187 g/mol. The number of aromatic nitrogens is 1. The fourth-order valence-electron chi connectivity index (χ4n) is 0.982. The van der Waals surface area contributed by atoms with Crippen LogP contribution in [0.15, 0.2) is 36.6 Å².